The van der Waals surface area contributed by atoms with E-state index < -0.39 is 5.60 Å². The van der Waals surface area contributed by atoms with Gasteiger partial charge in [-0.1, -0.05) is 0 Å². The molecule has 1 fully saturated rings. The Morgan fingerprint density at radius 1 is 1.39 bits per heavy atom. The summed E-state index contributed by atoms with van der Waals surface area (Å²) in [6.07, 6.45) is 1.94. The van der Waals surface area contributed by atoms with Crippen LogP contribution in [0.3, 0.4) is 0 Å². The predicted molar refractivity (Wildman–Crippen MR) is 72.6 cm³/mol. The molecule has 4 heteroatoms. The van der Waals surface area contributed by atoms with Crippen molar-refractivity contribution in [2.24, 2.45) is 0 Å². The SMILES string of the molecule is CC1(O)CCCN(CCOc2ccc(N)cc2)C1. The first kappa shape index (κ1) is 13.2. The summed E-state index contributed by atoms with van der Waals surface area (Å²) in [5.41, 5.74) is 5.81. The number of β-amino-alcohol motifs (C(OH)–C–C–N with tert-alkyl or cyclic N) is 1. The molecule has 1 heterocycles. The summed E-state index contributed by atoms with van der Waals surface area (Å²) < 4.78 is 5.65. The van der Waals surface area contributed by atoms with Crippen LogP contribution in [0.15, 0.2) is 24.3 Å². The second kappa shape index (κ2) is 5.59. The van der Waals surface area contributed by atoms with Crippen molar-refractivity contribution in [2.75, 3.05) is 32.0 Å². The Labute approximate surface area is 108 Å². The van der Waals surface area contributed by atoms with Crippen molar-refractivity contribution in [3.8, 4) is 5.75 Å². The lowest BCUT2D eigenvalue weighted by atomic mass is 9.95. The third kappa shape index (κ3) is 3.89. The number of hydrogen-bond acceptors (Lipinski definition) is 4. The number of aliphatic hydroxyl groups is 1. The smallest absolute Gasteiger partial charge is 0.119 e. The maximum Gasteiger partial charge on any atom is 0.119 e. The molecule has 0 spiro atoms. The molecule has 2 rings (SSSR count). The van der Waals surface area contributed by atoms with Crippen LogP contribution in [-0.4, -0.2) is 41.8 Å². The van der Waals surface area contributed by atoms with Crippen molar-refractivity contribution in [3.63, 3.8) is 0 Å². The van der Waals surface area contributed by atoms with Crippen LogP contribution in [0.5, 0.6) is 5.75 Å². The van der Waals surface area contributed by atoms with Crippen LogP contribution in [0.25, 0.3) is 0 Å². The molecule has 0 amide bonds. The van der Waals surface area contributed by atoms with Crippen LogP contribution < -0.4 is 10.5 Å². The summed E-state index contributed by atoms with van der Waals surface area (Å²) in [5, 5.41) is 10.00. The van der Waals surface area contributed by atoms with Crippen LogP contribution in [0.2, 0.25) is 0 Å². The first-order chi connectivity index (χ1) is 8.55. The lowest BCUT2D eigenvalue weighted by molar-refractivity contribution is -0.0183. The van der Waals surface area contributed by atoms with Gasteiger partial charge in [0.15, 0.2) is 0 Å². The van der Waals surface area contributed by atoms with Gasteiger partial charge in [0.25, 0.3) is 0 Å². The molecule has 0 bridgehead atoms. The van der Waals surface area contributed by atoms with Gasteiger partial charge in [0.05, 0.1) is 5.60 Å². The monoisotopic (exact) mass is 250 g/mol. The number of anilines is 1. The van der Waals surface area contributed by atoms with E-state index in [9.17, 15) is 5.11 Å². The highest BCUT2D eigenvalue weighted by Gasteiger charge is 2.27. The zero-order chi connectivity index (χ0) is 13.0. The normalized spacial score (nSPS) is 25.0. The van der Waals surface area contributed by atoms with Crippen LogP contribution in [0.1, 0.15) is 19.8 Å². The summed E-state index contributed by atoms with van der Waals surface area (Å²) in [6.45, 7) is 5.17. The van der Waals surface area contributed by atoms with Crippen molar-refractivity contribution < 1.29 is 9.84 Å². The summed E-state index contributed by atoms with van der Waals surface area (Å²) in [4.78, 5) is 2.25. The molecule has 1 aromatic carbocycles. The van der Waals surface area contributed by atoms with E-state index in [2.05, 4.69) is 4.90 Å². The average molecular weight is 250 g/mol. The second-order valence-electron chi connectivity index (χ2n) is 5.29. The lowest BCUT2D eigenvalue weighted by Gasteiger charge is -2.36. The maximum absolute atomic E-state index is 10.00. The van der Waals surface area contributed by atoms with Crippen LogP contribution in [-0.2, 0) is 0 Å². The number of ether oxygens (including phenoxy) is 1. The minimum atomic E-state index is -0.542. The van der Waals surface area contributed by atoms with Crippen molar-refractivity contribution in [2.45, 2.75) is 25.4 Å². The molecule has 1 aromatic rings. The summed E-state index contributed by atoms with van der Waals surface area (Å²) >= 11 is 0. The minimum Gasteiger partial charge on any atom is -0.492 e. The Bertz CT molecular complexity index is 376. The van der Waals surface area contributed by atoms with Gasteiger partial charge >= 0.3 is 0 Å². The number of nitrogens with zero attached hydrogens (tertiary/aromatic N) is 1. The van der Waals surface area contributed by atoms with Crippen LogP contribution >= 0.6 is 0 Å². The molecule has 4 nitrogen and oxygen atoms in total. The second-order valence-corrected chi connectivity index (χ2v) is 5.29. The summed E-state index contributed by atoms with van der Waals surface area (Å²) in [6, 6.07) is 7.42. The molecule has 100 valence electrons. The average Bonchev–Trinajstić information content (AvgIpc) is 2.30. The highest BCUT2D eigenvalue weighted by molar-refractivity contribution is 5.41. The van der Waals surface area contributed by atoms with Gasteiger partial charge in [-0.25, -0.2) is 0 Å². The molecule has 1 aliphatic heterocycles. The molecule has 0 saturated carbocycles. The third-order valence-electron chi connectivity index (χ3n) is 3.31. The van der Waals surface area contributed by atoms with E-state index in [0.717, 1.165) is 43.9 Å². The molecular formula is C14H22N2O2. The number of likely N-dealkylation sites (tertiary alicyclic amines) is 1. The van der Waals surface area contributed by atoms with E-state index in [1.165, 1.54) is 0 Å². The Morgan fingerprint density at radius 3 is 2.78 bits per heavy atom. The van der Waals surface area contributed by atoms with Crippen molar-refractivity contribution in [1.82, 2.24) is 4.90 Å². The van der Waals surface area contributed by atoms with E-state index in [1.54, 1.807) is 0 Å². The Balaban J connectivity index is 1.73. The Morgan fingerprint density at radius 2 is 2.11 bits per heavy atom. The zero-order valence-corrected chi connectivity index (χ0v) is 10.9. The van der Waals surface area contributed by atoms with Crippen molar-refractivity contribution >= 4 is 5.69 Å². The van der Waals surface area contributed by atoms with Gasteiger partial charge in [-0.2, -0.15) is 0 Å². The summed E-state index contributed by atoms with van der Waals surface area (Å²) in [5.74, 6) is 0.841. The predicted octanol–water partition coefficient (Wildman–Crippen LogP) is 1.49. The number of piperidine rings is 1. The molecule has 1 unspecified atom stereocenters. The molecule has 0 aromatic heterocycles. The van der Waals surface area contributed by atoms with E-state index >= 15 is 0 Å². The van der Waals surface area contributed by atoms with Gasteiger partial charge in [-0.3, -0.25) is 4.90 Å². The van der Waals surface area contributed by atoms with Gasteiger partial charge in [0, 0.05) is 18.8 Å². The number of nitrogens with two attached hydrogens (primary N) is 1. The fourth-order valence-electron chi connectivity index (χ4n) is 2.37. The maximum atomic E-state index is 10.00. The van der Waals surface area contributed by atoms with Gasteiger partial charge in [-0.15, -0.1) is 0 Å². The lowest BCUT2D eigenvalue weighted by Crippen LogP contribution is -2.47. The largest absolute Gasteiger partial charge is 0.492 e. The fourth-order valence-corrected chi connectivity index (χ4v) is 2.37. The van der Waals surface area contributed by atoms with Crippen molar-refractivity contribution in [3.05, 3.63) is 24.3 Å². The molecular weight excluding hydrogens is 228 g/mol. The topological polar surface area (TPSA) is 58.7 Å². The van der Waals surface area contributed by atoms with Crippen LogP contribution in [0.4, 0.5) is 5.69 Å². The third-order valence-corrected chi connectivity index (χ3v) is 3.31. The fraction of sp³-hybridized carbons (Fsp3) is 0.571. The van der Waals surface area contributed by atoms with E-state index in [0.29, 0.717) is 6.61 Å². The number of rotatable bonds is 4. The van der Waals surface area contributed by atoms with Gasteiger partial charge in [0.2, 0.25) is 0 Å². The van der Waals surface area contributed by atoms with E-state index in [1.807, 2.05) is 31.2 Å². The molecule has 1 aliphatic rings. The molecule has 0 radical (unpaired) electrons. The Kier molecular flexibility index (Phi) is 4.09. The van der Waals surface area contributed by atoms with E-state index in [-0.39, 0.29) is 0 Å². The van der Waals surface area contributed by atoms with Gasteiger partial charge in [-0.05, 0) is 50.6 Å². The molecule has 1 atom stereocenters. The number of hydrogen-bond donors (Lipinski definition) is 2. The number of nitrogen functional groups attached to an aromatic ring is 1. The number of benzene rings is 1. The first-order valence-electron chi connectivity index (χ1n) is 6.48. The molecule has 1 saturated heterocycles. The standard InChI is InChI=1S/C14H22N2O2/c1-14(17)7-2-8-16(11-14)9-10-18-13-5-3-12(15)4-6-13/h3-6,17H,2,7-11,15H2,1H3. The summed E-state index contributed by atoms with van der Waals surface area (Å²) in [7, 11) is 0. The van der Waals surface area contributed by atoms with E-state index in [4.69, 9.17) is 10.5 Å². The highest BCUT2D eigenvalue weighted by Crippen LogP contribution is 2.20. The van der Waals surface area contributed by atoms with Gasteiger partial charge in [0.1, 0.15) is 12.4 Å². The van der Waals surface area contributed by atoms with Crippen LogP contribution in [0, 0.1) is 0 Å². The van der Waals surface area contributed by atoms with Gasteiger partial charge < -0.3 is 15.6 Å². The molecule has 0 aliphatic carbocycles. The minimum absolute atomic E-state index is 0.542. The Hall–Kier alpha value is -1.26. The first-order valence-corrected chi connectivity index (χ1v) is 6.48. The quantitative estimate of drug-likeness (QED) is 0.795. The van der Waals surface area contributed by atoms with Crippen molar-refractivity contribution in [1.29, 1.82) is 0 Å². The molecule has 3 N–H and O–H groups in total. The zero-order valence-electron chi connectivity index (χ0n) is 10.9. The highest BCUT2D eigenvalue weighted by atomic mass is 16.5. The molecule has 18 heavy (non-hydrogen) atoms.